The van der Waals surface area contributed by atoms with Gasteiger partial charge in [-0.3, -0.25) is 11.3 Å². The lowest BCUT2D eigenvalue weighted by Gasteiger charge is -2.18. The Balaban J connectivity index is 2.73. The molecule has 0 aliphatic heterocycles. The fraction of sp³-hybridized carbons (Fsp3) is 0.455. The molecule has 0 aromatic heterocycles. The van der Waals surface area contributed by atoms with E-state index in [2.05, 4.69) is 19.3 Å². The van der Waals surface area contributed by atoms with Crippen molar-refractivity contribution in [2.24, 2.45) is 11.8 Å². The highest BCUT2D eigenvalue weighted by molar-refractivity contribution is 5.19. The SMILES string of the molecule is CC(C)CC(NN)c1ccc(F)cc1. The maximum Gasteiger partial charge on any atom is 0.123 e. The molecule has 0 aliphatic rings. The third-order valence-corrected chi connectivity index (χ3v) is 2.18. The first-order valence-electron chi connectivity index (χ1n) is 4.85. The fourth-order valence-corrected chi connectivity index (χ4v) is 1.47. The van der Waals surface area contributed by atoms with Crippen molar-refractivity contribution >= 4 is 0 Å². The Labute approximate surface area is 84.3 Å². The van der Waals surface area contributed by atoms with Gasteiger partial charge in [0.05, 0.1) is 0 Å². The first kappa shape index (κ1) is 11.1. The zero-order valence-electron chi connectivity index (χ0n) is 8.63. The lowest BCUT2D eigenvalue weighted by atomic mass is 9.98. The molecule has 78 valence electrons. The number of nitrogens with one attached hydrogen (secondary N) is 1. The highest BCUT2D eigenvalue weighted by Crippen LogP contribution is 2.20. The van der Waals surface area contributed by atoms with Crippen LogP contribution in [0.3, 0.4) is 0 Å². The fourth-order valence-electron chi connectivity index (χ4n) is 1.47. The number of rotatable bonds is 4. The molecule has 1 unspecified atom stereocenters. The van der Waals surface area contributed by atoms with E-state index in [1.165, 1.54) is 12.1 Å². The van der Waals surface area contributed by atoms with E-state index in [9.17, 15) is 4.39 Å². The Morgan fingerprint density at radius 3 is 2.29 bits per heavy atom. The van der Waals surface area contributed by atoms with E-state index in [-0.39, 0.29) is 11.9 Å². The van der Waals surface area contributed by atoms with Gasteiger partial charge >= 0.3 is 0 Å². The van der Waals surface area contributed by atoms with Gasteiger partial charge in [-0.25, -0.2) is 4.39 Å². The molecule has 0 heterocycles. The van der Waals surface area contributed by atoms with Gasteiger partial charge in [0.2, 0.25) is 0 Å². The minimum atomic E-state index is -0.214. The first-order chi connectivity index (χ1) is 6.63. The largest absolute Gasteiger partial charge is 0.271 e. The van der Waals surface area contributed by atoms with Gasteiger partial charge in [-0.2, -0.15) is 0 Å². The highest BCUT2D eigenvalue weighted by Gasteiger charge is 2.10. The molecule has 3 heteroatoms. The van der Waals surface area contributed by atoms with Crippen LogP contribution in [0.2, 0.25) is 0 Å². The molecule has 0 spiro atoms. The molecule has 1 rings (SSSR count). The maximum absolute atomic E-state index is 12.7. The molecule has 1 aromatic carbocycles. The van der Waals surface area contributed by atoms with Gasteiger partial charge in [-0.05, 0) is 30.0 Å². The summed E-state index contributed by atoms with van der Waals surface area (Å²) in [5, 5.41) is 0. The number of hydrogen-bond donors (Lipinski definition) is 2. The molecule has 14 heavy (non-hydrogen) atoms. The van der Waals surface area contributed by atoms with Crippen LogP contribution in [0.25, 0.3) is 0 Å². The summed E-state index contributed by atoms with van der Waals surface area (Å²) < 4.78 is 12.7. The van der Waals surface area contributed by atoms with Crippen molar-refractivity contribution in [2.75, 3.05) is 0 Å². The molecule has 2 nitrogen and oxygen atoms in total. The topological polar surface area (TPSA) is 38.0 Å². The van der Waals surface area contributed by atoms with Gasteiger partial charge in [0.25, 0.3) is 0 Å². The van der Waals surface area contributed by atoms with Crippen molar-refractivity contribution in [3.63, 3.8) is 0 Å². The number of halogens is 1. The van der Waals surface area contributed by atoms with Crippen molar-refractivity contribution < 1.29 is 4.39 Å². The van der Waals surface area contributed by atoms with Crippen LogP contribution in [-0.4, -0.2) is 0 Å². The quantitative estimate of drug-likeness (QED) is 0.573. The molecule has 0 amide bonds. The van der Waals surface area contributed by atoms with Crippen LogP contribution >= 0.6 is 0 Å². The Bertz CT molecular complexity index is 269. The summed E-state index contributed by atoms with van der Waals surface area (Å²) in [5.74, 6) is 5.79. The van der Waals surface area contributed by atoms with Gasteiger partial charge in [0.15, 0.2) is 0 Å². The van der Waals surface area contributed by atoms with Gasteiger partial charge < -0.3 is 0 Å². The Morgan fingerprint density at radius 1 is 1.29 bits per heavy atom. The zero-order chi connectivity index (χ0) is 10.6. The minimum Gasteiger partial charge on any atom is -0.271 e. The average molecular weight is 196 g/mol. The average Bonchev–Trinajstić information content (AvgIpc) is 2.15. The number of nitrogens with two attached hydrogens (primary N) is 1. The standard InChI is InChI=1S/C11H17FN2/c1-8(2)7-11(14-13)9-3-5-10(12)6-4-9/h3-6,8,11,14H,7,13H2,1-2H3. The van der Waals surface area contributed by atoms with Crippen LogP contribution in [0.5, 0.6) is 0 Å². The van der Waals surface area contributed by atoms with Crippen LogP contribution in [-0.2, 0) is 0 Å². The van der Waals surface area contributed by atoms with Crippen LogP contribution in [0.15, 0.2) is 24.3 Å². The van der Waals surface area contributed by atoms with E-state index < -0.39 is 0 Å². The van der Waals surface area contributed by atoms with E-state index in [1.807, 2.05) is 0 Å². The van der Waals surface area contributed by atoms with Crippen LogP contribution in [0, 0.1) is 11.7 Å². The van der Waals surface area contributed by atoms with Gasteiger partial charge in [0, 0.05) is 6.04 Å². The molecule has 0 fully saturated rings. The van der Waals surface area contributed by atoms with E-state index in [0.29, 0.717) is 5.92 Å². The number of benzene rings is 1. The summed E-state index contributed by atoms with van der Waals surface area (Å²) in [4.78, 5) is 0. The summed E-state index contributed by atoms with van der Waals surface area (Å²) >= 11 is 0. The minimum absolute atomic E-state index is 0.107. The predicted molar refractivity (Wildman–Crippen MR) is 55.9 cm³/mol. The molecular formula is C11H17FN2. The summed E-state index contributed by atoms with van der Waals surface area (Å²) in [6, 6.07) is 6.56. The highest BCUT2D eigenvalue weighted by atomic mass is 19.1. The molecule has 0 radical (unpaired) electrons. The monoisotopic (exact) mass is 196 g/mol. The van der Waals surface area contributed by atoms with Crippen molar-refractivity contribution in [3.05, 3.63) is 35.6 Å². The normalized spacial score (nSPS) is 13.2. The van der Waals surface area contributed by atoms with Crippen LogP contribution < -0.4 is 11.3 Å². The smallest absolute Gasteiger partial charge is 0.123 e. The number of hydrazine groups is 1. The second kappa shape index (κ2) is 5.08. The lowest BCUT2D eigenvalue weighted by Crippen LogP contribution is -2.29. The summed E-state index contributed by atoms with van der Waals surface area (Å²) in [6.45, 7) is 4.27. The molecule has 0 bridgehead atoms. The third kappa shape index (κ3) is 3.09. The Hall–Kier alpha value is -0.930. The van der Waals surface area contributed by atoms with E-state index in [0.717, 1.165) is 12.0 Å². The van der Waals surface area contributed by atoms with E-state index >= 15 is 0 Å². The van der Waals surface area contributed by atoms with Gasteiger partial charge in [-0.1, -0.05) is 26.0 Å². The summed E-state index contributed by atoms with van der Waals surface area (Å²) in [7, 11) is 0. The summed E-state index contributed by atoms with van der Waals surface area (Å²) in [5.41, 5.74) is 3.78. The van der Waals surface area contributed by atoms with Crippen molar-refractivity contribution in [1.29, 1.82) is 0 Å². The maximum atomic E-state index is 12.7. The predicted octanol–water partition coefficient (Wildman–Crippen LogP) is 2.38. The van der Waals surface area contributed by atoms with Crippen LogP contribution in [0.1, 0.15) is 31.9 Å². The Kier molecular flexibility index (Phi) is 4.04. The molecule has 0 saturated heterocycles. The zero-order valence-corrected chi connectivity index (χ0v) is 8.63. The van der Waals surface area contributed by atoms with Gasteiger partial charge in [0.1, 0.15) is 5.82 Å². The molecule has 0 aliphatic carbocycles. The summed E-state index contributed by atoms with van der Waals surface area (Å²) in [6.07, 6.45) is 0.947. The van der Waals surface area contributed by atoms with E-state index in [4.69, 9.17) is 5.84 Å². The van der Waals surface area contributed by atoms with E-state index in [1.54, 1.807) is 12.1 Å². The second-order valence-electron chi connectivity index (χ2n) is 3.90. The van der Waals surface area contributed by atoms with Crippen molar-refractivity contribution in [1.82, 2.24) is 5.43 Å². The lowest BCUT2D eigenvalue weighted by molar-refractivity contribution is 0.437. The molecule has 1 aromatic rings. The molecule has 0 saturated carbocycles. The third-order valence-electron chi connectivity index (χ3n) is 2.18. The second-order valence-corrected chi connectivity index (χ2v) is 3.90. The van der Waals surface area contributed by atoms with Crippen LogP contribution in [0.4, 0.5) is 4.39 Å². The van der Waals surface area contributed by atoms with Crippen molar-refractivity contribution in [2.45, 2.75) is 26.3 Å². The first-order valence-corrected chi connectivity index (χ1v) is 4.85. The molecular weight excluding hydrogens is 179 g/mol. The molecule has 3 N–H and O–H groups in total. The van der Waals surface area contributed by atoms with Gasteiger partial charge in [-0.15, -0.1) is 0 Å². The van der Waals surface area contributed by atoms with Crippen molar-refractivity contribution in [3.8, 4) is 0 Å². The molecule has 1 atom stereocenters. The number of hydrogen-bond acceptors (Lipinski definition) is 2. The Morgan fingerprint density at radius 2 is 1.86 bits per heavy atom.